The molecule has 0 saturated carbocycles. The number of methoxy groups -OCH3 is 1. The summed E-state index contributed by atoms with van der Waals surface area (Å²) in [6, 6.07) is 19.4. The van der Waals surface area contributed by atoms with Gasteiger partial charge >= 0.3 is 0 Å². The van der Waals surface area contributed by atoms with E-state index >= 15 is 0 Å². The lowest BCUT2D eigenvalue weighted by molar-refractivity contribution is -0.129. The molecule has 4 rings (SSSR count). The molecule has 0 spiro atoms. The van der Waals surface area contributed by atoms with Crippen molar-refractivity contribution in [1.29, 1.82) is 0 Å². The third-order valence-electron chi connectivity index (χ3n) is 6.39. The Hall–Kier alpha value is -3.23. The van der Waals surface area contributed by atoms with Gasteiger partial charge in [-0.3, -0.25) is 9.10 Å². The quantitative estimate of drug-likeness (QED) is 0.452. The highest BCUT2D eigenvalue weighted by Crippen LogP contribution is 2.30. The molecule has 1 amide bonds. The summed E-state index contributed by atoms with van der Waals surface area (Å²) in [7, 11) is -2.36. The number of sulfonamides is 1. The van der Waals surface area contributed by atoms with Gasteiger partial charge in [-0.25, -0.2) is 8.42 Å². The lowest BCUT2D eigenvalue weighted by Crippen LogP contribution is -2.52. The van der Waals surface area contributed by atoms with Gasteiger partial charge in [-0.05, 0) is 55.8 Å². The summed E-state index contributed by atoms with van der Waals surface area (Å²) in [5, 5.41) is 0.439. The zero-order chi connectivity index (χ0) is 25.9. The largest absolute Gasteiger partial charge is 0.495 e. The minimum atomic E-state index is -4.00. The van der Waals surface area contributed by atoms with Crippen LogP contribution in [-0.2, 0) is 14.8 Å². The van der Waals surface area contributed by atoms with Gasteiger partial charge in [0.1, 0.15) is 12.3 Å². The molecule has 1 saturated heterocycles. The SMILES string of the molecule is COc1ccccc1N1CCN(C(=O)CN(c2ccc(C)c(Cl)c2)S(=O)(=O)c2ccc(C)cc2)CC1. The summed E-state index contributed by atoms with van der Waals surface area (Å²) >= 11 is 6.33. The van der Waals surface area contributed by atoms with Crippen LogP contribution in [0.3, 0.4) is 0 Å². The Morgan fingerprint density at radius 2 is 1.64 bits per heavy atom. The normalized spacial score (nSPS) is 14.0. The first-order valence-corrected chi connectivity index (χ1v) is 13.5. The number of aryl methyl sites for hydroxylation is 2. The first-order chi connectivity index (χ1) is 17.2. The maximum Gasteiger partial charge on any atom is 0.264 e. The third kappa shape index (κ3) is 5.44. The lowest BCUT2D eigenvalue weighted by atomic mass is 10.2. The van der Waals surface area contributed by atoms with E-state index in [1.54, 1.807) is 54.5 Å². The number of halogens is 1. The standard InChI is InChI=1S/C27H30ClN3O4S/c1-20-8-12-23(13-9-20)36(33,34)31(22-11-10-21(2)24(28)18-22)19-27(32)30-16-14-29(15-17-30)25-6-4-5-7-26(25)35-3/h4-13,18H,14-17,19H2,1-3H3. The van der Waals surface area contributed by atoms with Crippen molar-refractivity contribution in [1.82, 2.24) is 4.90 Å². The minimum absolute atomic E-state index is 0.124. The molecule has 0 aliphatic carbocycles. The van der Waals surface area contributed by atoms with Crippen LogP contribution in [0.2, 0.25) is 5.02 Å². The highest BCUT2D eigenvalue weighted by Gasteiger charge is 2.31. The maximum absolute atomic E-state index is 13.7. The molecule has 0 bridgehead atoms. The molecule has 1 fully saturated rings. The Morgan fingerprint density at radius 3 is 2.28 bits per heavy atom. The summed E-state index contributed by atoms with van der Waals surface area (Å²) in [5.41, 5.74) is 3.10. The molecule has 1 heterocycles. The molecule has 3 aromatic carbocycles. The van der Waals surface area contributed by atoms with Crippen LogP contribution in [0.25, 0.3) is 0 Å². The van der Waals surface area contributed by atoms with Gasteiger partial charge in [0, 0.05) is 31.2 Å². The molecule has 1 aliphatic heterocycles. The molecule has 0 N–H and O–H groups in total. The van der Waals surface area contributed by atoms with Gasteiger partial charge in [0.15, 0.2) is 0 Å². The van der Waals surface area contributed by atoms with Crippen LogP contribution in [0.4, 0.5) is 11.4 Å². The van der Waals surface area contributed by atoms with Gasteiger partial charge in [0.2, 0.25) is 5.91 Å². The van der Waals surface area contributed by atoms with E-state index in [0.717, 1.165) is 26.9 Å². The summed E-state index contributed by atoms with van der Waals surface area (Å²) < 4.78 is 33.9. The van der Waals surface area contributed by atoms with Crippen LogP contribution < -0.4 is 13.9 Å². The maximum atomic E-state index is 13.7. The highest BCUT2D eigenvalue weighted by molar-refractivity contribution is 7.92. The van der Waals surface area contributed by atoms with Crippen LogP contribution in [0, 0.1) is 13.8 Å². The van der Waals surface area contributed by atoms with Crippen LogP contribution in [0.1, 0.15) is 11.1 Å². The molecule has 36 heavy (non-hydrogen) atoms. The Bertz CT molecular complexity index is 1340. The molecule has 0 radical (unpaired) electrons. The zero-order valence-corrected chi connectivity index (χ0v) is 22.2. The van der Waals surface area contributed by atoms with Gasteiger partial charge in [0.05, 0.1) is 23.4 Å². The Balaban J connectivity index is 1.56. The van der Waals surface area contributed by atoms with Gasteiger partial charge < -0.3 is 14.5 Å². The number of carbonyl (C=O) groups is 1. The Labute approximate surface area is 217 Å². The van der Waals surface area contributed by atoms with Crippen molar-refractivity contribution in [2.45, 2.75) is 18.7 Å². The van der Waals surface area contributed by atoms with Crippen molar-refractivity contribution in [2.24, 2.45) is 0 Å². The van der Waals surface area contributed by atoms with Crippen molar-refractivity contribution >= 4 is 38.9 Å². The van der Waals surface area contributed by atoms with Crippen LogP contribution in [0.15, 0.2) is 71.6 Å². The van der Waals surface area contributed by atoms with E-state index in [-0.39, 0.29) is 17.3 Å². The number of para-hydroxylation sites is 2. The second kappa shape index (κ2) is 10.8. The Kier molecular flexibility index (Phi) is 7.76. The molecule has 190 valence electrons. The van der Waals surface area contributed by atoms with Crippen molar-refractivity contribution in [3.05, 3.63) is 82.9 Å². The molecule has 0 aromatic heterocycles. The van der Waals surface area contributed by atoms with Gasteiger partial charge in [-0.2, -0.15) is 0 Å². The summed E-state index contributed by atoms with van der Waals surface area (Å²) in [6.45, 7) is 5.61. The Morgan fingerprint density at radius 1 is 0.972 bits per heavy atom. The second-order valence-corrected chi connectivity index (χ2v) is 11.1. The lowest BCUT2D eigenvalue weighted by Gasteiger charge is -2.37. The van der Waals surface area contributed by atoms with Gasteiger partial charge in [-0.1, -0.05) is 47.5 Å². The van der Waals surface area contributed by atoms with Gasteiger partial charge in [-0.15, -0.1) is 0 Å². The molecule has 3 aromatic rings. The summed E-state index contributed by atoms with van der Waals surface area (Å²) in [5.74, 6) is 0.519. The first-order valence-electron chi connectivity index (χ1n) is 11.7. The van der Waals surface area contributed by atoms with Crippen LogP contribution >= 0.6 is 11.6 Å². The number of nitrogens with zero attached hydrogens (tertiary/aromatic N) is 3. The van der Waals surface area contributed by atoms with Crippen molar-refractivity contribution in [2.75, 3.05) is 49.0 Å². The highest BCUT2D eigenvalue weighted by atomic mass is 35.5. The monoisotopic (exact) mass is 527 g/mol. The fourth-order valence-electron chi connectivity index (χ4n) is 4.20. The summed E-state index contributed by atoms with van der Waals surface area (Å²) in [6.07, 6.45) is 0. The predicted octanol–water partition coefficient (Wildman–Crippen LogP) is 4.51. The van der Waals surface area contributed by atoms with E-state index in [9.17, 15) is 13.2 Å². The number of rotatable bonds is 7. The third-order valence-corrected chi connectivity index (χ3v) is 8.58. The average molecular weight is 528 g/mol. The average Bonchev–Trinajstić information content (AvgIpc) is 2.89. The molecule has 0 atom stereocenters. The molecule has 7 nitrogen and oxygen atoms in total. The number of amides is 1. The molecular formula is C27H30ClN3O4S. The van der Waals surface area contributed by atoms with Gasteiger partial charge in [0.25, 0.3) is 10.0 Å². The van der Waals surface area contributed by atoms with E-state index in [0.29, 0.717) is 36.9 Å². The summed E-state index contributed by atoms with van der Waals surface area (Å²) in [4.78, 5) is 17.4. The van der Waals surface area contributed by atoms with E-state index in [1.807, 2.05) is 38.1 Å². The number of ether oxygens (including phenoxy) is 1. The zero-order valence-electron chi connectivity index (χ0n) is 20.6. The molecule has 0 unspecified atom stereocenters. The molecule has 1 aliphatic rings. The number of anilines is 2. The predicted molar refractivity (Wildman–Crippen MR) is 144 cm³/mol. The van der Waals surface area contributed by atoms with Crippen molar-refractivity contribution in [3.8, 4) is 5.75 Å². The van der Waals surface area contributed by atoms with Crippen LogP contribution in [-0.4, -0.2) is 59.1 Å². The van der Waals surface area contributed by atoms with E-state index < -0.39 is 10.0 Å². The van der Waals surface area contributed by atoms with E-state index in [4.69, 9.17) is 16.3 Å². The van der Waals surface area contributed by atoms with Crippen molar-refractivity contribution in [3.63, 3.8) is 0 Å². The van der Waals surface area contributed by atoms with E-state index in [1.165, 1.54) is 0 Å². The number of hydrogen-bond donors (Lipinski definition) is 0. The first kappa shape index (κ1) is 25.9. The molecular weight excluding hydrogens is 498 g/mol. The second-order valence-electron chi connectivity index (χ2n) is 8.80. The number of benzene rings is 3. The number of piperazine rings is 1. The number of carbonyl (C=O) groups excluding carboxylic acids is 1. The minimum Gasteiger partial charge on any atom is -0.495 e. The molecule has 9 heteroatoms. The van der Waals surface area contributed by atoms with E-state index in [2.05, 4.69) is 4.90 Å². The van der Waals surface area contributed by atoms with Crippen LogP contribution in [0.5, 0.6) is 5.75 Å². The van der Waals surface area contributed by atoms with Crippen molar-refractivity contribution < 1.29 is 17.9 Å². The fourth-order valence-corrected chi connectivity index (χ4v) is 5.78. The topological polar surface area (TPSA) is 70.2 Å². The smallest absolute Gasteiger partial charge is 0.264 e. The number of hydrogen-bond acceptors (Lipinski definition) is 5. The fraction of sp³-hybridized carbons (Fsp3) is 0.296.